The summed E-state index contributed by atoms with van der Waals surface area (Å²) < 4.78 is 44.1. The number of thioether (sulfide) groups is 1. The largest absolute Gasteiger partial charge is 0.468 e. The van der Waals surface area contributed by atoms with Crippen LogP contribution in [0.1, 0.15) is 5.76 Å². The van der Waals surface area contributed by atoms with E-state index in [9.17, 15) is 12.8 Å². The van der Waals surface area contributed by atoms with E-state index in [0.29, 0.717) is 18.1 Å². The maximum Gasteiger partial charge on any atom is 0.240 e. The van der Waals surface area contributed by atoms with Gasteiger partial charge in [0.05, 0.1) is 16.9 Å². The van der Waals surface area contributed by atoms with Gasteiger partial charge in [0, 0.05) is 12.3 Å². The molecule has 0 atom stereocenters. The molecular weight excluding hydrogens is 301 g/mol. The Morgan fingerprint density at radius 1 is 1.20 bits per heavy atom. The zero-order chi connectivity index (χ0) is 14.4. The number of furan rings is 1. The van der Waals surface area contributed by atoms with Crippen molar-refractivity contribution in [2.45, 2.75) is 10.6 Å². The Kier molecular flexibility index (Phi) is 5.22. The van der Waals surface area contributed by atoms with Crippen LogP contribution in [0.2, 0.25) is 0 Å². The number of rotatable bonds is 7. The van der Waals surface area contributed by atoms with Gasteiger partial charge in [0.1, 0.15) is 11.6 Å². The van der Waals surface area contributed by atoms with Crippen molar-refractivity contribution in [1.82, 2.24) is 4.72 Å². The fourth-order valence-electron chi connectivity index (χ4n) is 1.51. The van der Waals surface area contributed by atoms with Gasteiger partial charge in [-0.05, 0) is 36.4 Å². The molecule has 0 bridgehead atoms. The number of nitrogens with one attached hydrogen (secondary N) is 1. The summed E-state index contributed by atoms with van der Waals surface area (Å²) in [5.74, 6) is 1.72. The molecule has 0 radical (unpaired) electrons. The van der Waals surface area contributed by atoms with Gasteiger partial charge in [0.2, 0.25) is 10.0 Å². The summed E-state index contributed by atoms with van der Waals surface area (Å²) in [6.07, 6.45) is 1.60. The summed E-state index contributed by atoms with van der Waals surface area (Å²) in [6, 6.07) is 8.42. The van der Waals surface area contributed by atoms with E-state index in [0.717, 1.165) is 17.9 Å². The number of hydrogen-bond acceptors (Lipinski definition) is 4. The van der Waals surface area contributed by atoms with E-state index >= 15 is 0 Å². The molecule has 0 fully saturated rings. The van der Waals surface area contributed by atoms with Crippen molar-refractivity contribution in [2.24, 2.45) is 0 Å². The van der Waals surface area contributed by atoms with Crippen LogP contribution in [0.25, 0.3) is 0 Å². The Balaban J connectivity index is 1.76. The van der Waals surface area contributed by atoms with Crippen LogP contribution in [0.5, 0.6) is 0 Å². The van der Waals surface area contributed by atoms with E-state index in [1.54, 1.807) is 18.0 Å². The monoisotopic (exact) mass is 315 g/mol. The predicted molar refractivity (Wildman–Crippen MR) is 76.5 cm³/mol. The van der Waals surface area contributed by atoms with Crippen molar-refractivity contribution in [3.63, 3.8) is 0 Å². The third-order valence-corrected chi connectivity index (χ3v) is 4.95. The first kappa shape index (κ1) is 15.1. The topological polar surface area (TPSA) is 59.3 Å². The fraction of sp³-hybridized carbons (Fsp3) is 0.231. The predicted octanol–water partition coefficient (Wildman–Crippen LogP) is 2.63. The normalized spacial score (nSPS) is 11.7. The molecule has 0 saturated carbocycles. The highest BCUT2D eigenvalue weighted by Crippen LogP contribution is 2.13. The van der Waals surface area contributed by atoms with E-state index < -0.39 is 15.8 Å². The van der Waals surface area contributed by atoms with Crippen LogP contribution in [-0.2, 0) is 15.8 Å². The summed E-state index contributed by atoms with van der Waals surface area (Å²) >= 11 is 1.57. The van der Waals surface area contributed by atoms with Crippen LogP contribution in [0.4, 0.5) is 4.39 Å². The highest BCUT2D eigenvalue weighted by Gasteiger charge is 2.12. The van der Waals surface area contributed by atoms with Gasteiger partial charge in [0.15, 0.2) is 0 Å². The average molecular weight is 315 g/mol. The van der Waals surface area contributed by atoms with Crippen molar-refractivity contribution in [2.75, 3.05) is 12.3 Å². The van der Waals surface area contributed by atoms with Crippen molar-refractivity contribution in [1.29, 1.82) is 0 Å². The van der Waals surface area contributed by atoms with Gasteiger partial charge in [-0.2, -0.15) is 11.8 Å². The summed E-state index contributed by atoms with van der Waals surface area (Å²) in [6.45, 7) is 0.311. The molecule has 0 aliphatic carbocycles. The number of benzene rings is 1. The second kappa shape index (κ2) is 6.92. The molecule has 0 amide bonds. The quantitative estimate of drug-likeness (QED) is 0.798. The molecule has 1 aromatic carbocycles. The highest BCUT2D eigenvalue weighted by atomic mass is 32.2. The lowest BCUT2D eigenvalue weighted by Gasteiger charge is -2.06. The second-order valence-corrected chi connectivity index (χ2v) is 6.86. The standard InChI is InChI=1S/C13H14FNO3S2/c14-11-3-5-13(6-4-11)20(16,17)15-7-9-19-10-12-2-1-8-18-12/h1-6,8,15H,7,9-10H2. The Morgan fingerprint density at radius 3 is 2.60 bits per heavy atom. The molecule has 2 aromatic rings. The van der Waals surface area contributed by atoms with Crippen molar-refractivity contribution in [3.05, 3.63) is 54.2 Å². The molecule has 0 saturated heterocycles. The molecule has 0 aliphatic heterocycles. The third-order valence-electron chi connectivity index (χ3n) is 2.49. The van der Waals surface area contributed by atoms with E-state index in [1.807, 2.05) is 12.1 Å². The van der Waals surface area contributed by atoms with E-state index in [4.69, 9.17) is 4.42 Å². The van der Waals surface area contributed by atoms with Gasteiger partial charge in [-0.3, -0.25) is 0 Å². The first-order chi connectivity index (χ1) is 9.58. The smallest absolute Gasteiger partial charge is 0.240 e. The summed E-state index contributed by atoms with van der Waals surface area (Å²) in [5, 5.41) is 0. The van der Waals surface area contributed by atoms with E-state index in [1.165, 1.54) is 12.1 Å². The van der Waals surface area contributed by atoms with Gasteiger partial charge < -0.3 is 4.42 Å². The number of hydrogen-bond donors (Lipinski definition) is 1. The molecule has 4 nitrogen and oxygen atoms in total. The number of halogens is 1. The minimum absolute atomic E-state index is 0.0648. The molecule has 108 valence electrons. The van der Waals surface area contributed by atoms with Gasteiger partial charge >= 0.3 is 0 Å². The molecule has 20 heavy (non-hydrogen) atoms. The van der Waals surface area contributed by atoms with Crippen molar-refractivity contribution < 1.29 is 17.2 Å². The number of sulfonamides is 1. The van der Waals surface area contributed by atoms with Crippen molar-refractivity contribution >= 4 is 21.8 Å². The summed E-state index contributed by atoms with van der Waals surface area (Å²) in [5.41, 5.74) is 0. The highest BCUT2D eigenvalue weighted by molar-refractivity contribution is 7.98. The Hall–Kier alpha value is -1.31. The molecule has 0 unspecified atom stereocenters. The molecule has 0 aliphatic rings. The third kappa shape index (κ3) is 4.36. The lowest BCUT2D eigenvalue weighted by Crippen LogP contribution is -2.26. The van der Waals surface area contributed by atoms with Crippen LogP contribution in [-0.4, -0.2) is 20.7 Å². The molecule has 7 heteroatoms. The minimum Gasteiger partial charge on any atom is -0.468 e. The van der Waals surface area contributed by atoms with Gasteiger partial charge in [-0.1, -0.05) is 0 Å². The zero-order valence-electron chi connectivity index (χ0n) is 10.6. The summed E-state index contributed by atoms with van der Waals surface area (Å²) in [4.78, 5) is 0.0648. The minimum atomic E-state index is -3.56. The first-order valence-corrected chi connectivity index (χ1v) is 8.57. The molecule has 0 spiro atoms. The van der Waals surface area contributed by atoms with Crippen LogP contribution in [0.15, 0.2) is 52.0 Å². The molecule has 2 rings (SSSR count). The van der Waals surface area contributed by atoms with E-state index in [-0.39, 0.29) is 4.90 Å². The molecule has 1 heterocycles. The lowest BCUT2D eigenvalue weighted by molar-refractivity contribution is 0.530. The van der Waals surface area contributed by atoms with Gasteiger partial charge in [0.25, 0.3) is 0 Å². The second-order valence-electron chi connectivity index (χ2n) is 3.98. The maximum atomic E-state index is 12.7. The lowest BCUT2D eigenvalue weighted by atomic mass is 10.4. The molecule has 1 aromatic heterocycles. The average Bonchev–Trinajstić information content (AvgIpc) is 2.92. The van der Waals surface area contributed by atoms with E-state index in [2.05, 4.69) is 4.72 Å². The zero-order valence-corrected chi connectivity index (χ0v) is 12.2. The Labute approximate surface area is 121 Å². The van der Waals surface area contributed by atoms with Crippen LogP contribution < -0.4 is 4.72 Å². The first-order valence-electron chi connectivity index (χ1n) is 5.93. The van der Waals surface area contributed by atoms with Crippen LogP contribution in [0.3, 0.4) is 0 Å². The van der Waals surface area contributed by atoms with Gasteiger partial charge in [-0.25, -0.2) is 17.5 Å². The molecule has 1 N–H and O–H groups in total. The molecular formula is C13H14FNO3S2. The Bertz CT molecular complexity index is 624. The summed E-state index contributed by atoms with van der Waals surface area (Å²) in [7, 11) is -3.56. The SMILES string of the molecule is O=S(=O)(NCCSCc1ccco1)c1ccc(F)cc1. The van der Waals surface area contributed by atoms with Gasteiger partial charge in [-0.15, -0.1) is 0 Å². The van der Waals surface area contributed by atoms with Crippen molar-refractivity contribution in [3.8, 4) is 0 Å². The van der Waals surface area contributed by atoms with Crippen LogP contribution in [0, 0.1) is 5.82 Å². The maximum absolute atomic E-state index is 12.7. The Morgan fingerprint density at radius 2 is 1.95 bits per heavy atom. The fourth-order valence-corrected chi connectivity index (χ4v) is 3.43. The van der Waals surface area contributed by atoms with Crippen LogP contribution >= 0.6 is 11.8 Å².